The maximum atomic E-state index is 15.0. The van der Waals surface area contributed by atoms with Crippen molar-refractivity contribution >= 4 is 29.1 Å². The van der Waals surface area contributed by atoms with Crippen LogP contribution in [0.25, 0.3) is 11.1 Å². The number of carbonyl (C=O) groups excluding carboxylic acids is 2. The Morgan fingerprint density at radius 3 is 2.42 bits per heavy atom. The number of aromatic nitrogens is 1. The molecule has 2 aliphatic heterocycles. The van der Waals surface area contributed by atoms with Gasteiger partial charge in [-0.25, -0.2) is 0 Å². The molecule has 1 atom stereocenters. The molecule has 0 aliphatic carbocycles. The Hall–Kier alpha value is -5.40. The number of hydrogen-bond acceptors (Lipinski definition) is 6. The smallest absolute Gasteiger partial charge is 0.261 e. The first-order chi connectivity index (χ1) is 25.2. The van der Waals surface area contributed by atoms with E-state index in [1.165, 1.54) is 17.7 Å². The Morgan fingerprint density at radius 1 is 0.962 bits per heavy atom. The van der Waals surface area contributed by atoms with Gasteiger partial charge in [0.15, 0.2) is 0 Å². The molecule has 5 aromatic rings. The Morgan fingerprint density at radius 2 is 1.67 bits per heavy atom. The van der Waals surface area contributed by atoms with Crippen LogP contribution in [0.3, 0.4) is 0 Å². The van der Waals surface area contributed by atoms with Gasteiger partial charge >= 0.3 is 0 Å². The molecule has 3 heterocycles. The molecule has 0 saturated carbocycles. The minimum atomic E-state index is -0.318. The fourth-order valence-electron chi connectivity index (χ4n) is 7.34. The van der Waals surface area contributed by atoms with Crippen LogP contribution in [-0.4, -0.2) is 70.2 Å². The number of anilines is 1. The highest BCUT2D eigenvalue weighted by Gasteiger charge is 2.34. The number of phenolic OH excluding ortho intramolecular Hbond substituents is 1. The normalized spacial score (nSPS) is 15.9. The van der Waals surface area contributed by atoms with Gasteiger partial charge < -0.3 is 24.2 Å². The average Bonchev–Trinajstić information content (AvgIpc) is 3.47. The van der Waals surface area contributed by atoms with E-state index in [0.29, 0.717) is 69.5 Å². The highest BCUT2D eigenvalue weighted by Crippen LogP contribution is 2.37. The van der Waals surface area contributed by atoms with Crippen LogP contribution in [0, 0.1) is 18.3 Å². The lowest BCUT2D eigenvalue weighted by Crippen LogP contribution is -2.52. The summed E-state index contributed by atoms with van der Waals surface area (Å²) >= 11 is 6.67. The number of hydrogen-bond donors (Lipinski definition) is 1. The molecule has 1 fully saturated rings. The zero-order valence-electron chi connectivity index (χ0n) is 29.3. The van der Waals surface area contributed by atoms with Crippen LogP contribution < -0.4 is 4.90 Å². The van der Waals surface area contributed by atoms with E-state index in [1.807, 2.05) is 47.8 Å². The van der Waals surface area contributed by atoms with Gasteiger partial charge in [-0.3, -0.25) is 14.5 Å². The van der Waals surface area contributed by atoms with Crippen molar-refractivity contribution in [1.29, 1.82) is 5.26 Å². The molecule has 2 amide bonds. The van der Waals surface area contributed by atoms with Gasteiger partial charge in [0.1, 0.15) is 5.75 Å². The fraction of sp³-hybridized carbons (Fsp3) is 0.262. The number of aromatic hydroxyl groups is 1. The van der Waals surface area contributed by atoms with Crippen LogP contribution in [0.15, 0.2) is 97.2 Å². The lowest BCUT2D eigenvalue weighted by atomic mass is 9.91. The largest absolute Gasteiger partial charge is 0.508 e. The number of nitriles is 1. The topological polar surface area (TPSA) is 102 Å². The highest BCUT2D eigenvalue weighted by molar-refractivity contribution is 6.31. The van der Waals surface area contributed by atoms with E-state index in [9.17, 15) is 20.0 Å². The Kier molecular flexibility index (Phi) is 10.1. The molecule has 0 unspecified atom stereocenters. The molecule has 0 radical (unpaired) electrons. The summed E-state index contributed by atoms with van der Waals surface area (Å²) < 4.78 is 7.49. The van der Waals surface area contributed by atoms with Gasteiger partial charge in [-0.1, -0.05) is 54.1 Å². The Bertz CT molecular complexity index is 2170. The summed E-state index contributed by atoms with van der Waals surface area (Å²) in [7, 11) is 1.87. The molecular formula is C42H40ClN5O4. The predicted octanol–water partition coefficient (Wildman–Crippen LogP) is 6.98. The summed E-state index contributed by atoms with van der Waals surface area (Å²) in [4.78, 5) is 35.8. The molecule has 1 N–H and O–H groups in total. The van der Waals surface area contributed by atoms with Gasteiger partial charge in [-0.05, 0) is 84.1 Å². The van der Waals surface area contributed by atoms with Gasteiger partial charge in [-0.2, -0.15) is 5.26 Å². The summed E-state index contributed by atoms with van der Waals surface area (Å²) in [6.07, 6.45) is 2.61. The van der Waals surface area contributed by atoms with Crippen molar-refractivity contribution in [3.05, 3.63) is 141 Å². The molecule has 9 nitrogen and oxygen atoms in total. The molecule has 0 bridgehead atoms. The molecule has 10 heteroatoms. The van der Waals surface area contributed by atoms with Crippen molar-refractivity contribution in [1.82, 2.24) is 14.4 Å². The second kappa shape index (κ2) is 15.1. The van der Waals surface area contributed by atoms with E-state index >= 15 is 0 Å². The van der Waals surface area contributed by atoms with Crippen LogP contribution in [0.2, 0.25) is 5.02 Å². The summed E-state index contributed by atoms with van der Waals surface area (Å²) in [5.74, 6) is -0.376. The van der Waals surface area contributed by atoms with Crippen molar-refractivity contribution in [2.24, 2.45) is 7.05 Å². The Labute approximate surface area is 308 Å². The maximum absolute atomic E-state index is 15.0. The van der Waals surface area contributed by atoms with Crippen LogP contribution in [0.1, 0.15) is 48.7 Å². The number of ether oxygens (including phenoxy) is 1. The van der Waals surface area contributed by atoms with E-state index in [4.69, 9.17) is 16.3 Å². The number of aryl methyl sites for hydroxylation is 1. The standard InChI is InChI=1S/C42H40ClN5O4/c1-28-40(42(51)47(34-12-14-36(49)15-13-34)25-32-10-6-4-8-30(32)23-44)39(27-45(28)2)38-22-33(43)11-16-37(38)41(50)48-24-31-9-5-3-7-29(31)21-35(48)26-46-17-19-52-20-18-46/h3-16,22,27,35,49H,17-21,24-26H2,1-2H3/t35-/m0/s1. The van der Waals surface area contributed by atoms with E-state index in [2.05, 4.69) is 29.2 Å². The average molecular weight is 714 g/mol. The zero-order chi connectivity index (χ0) is 36.4. The SMILES string of the molecule is Cc1c(C(=O)N(Cc2ccccc2C#N)c2ccc(O)cc2)c(-c2cc(Cl)ccc2C(=O)N2Cc3ccccc3C[C@H]2CN2CCOCC2)cn1C. The van der Waals surface area contributed by atoms with E-state index in [-0.39, 0.29) is 30.2 Å². The molecule has 52 heavy (non-hydrogen) atoms. The van der Waals surface area contributed by atoms with Crippen molar-refractivity contribution in [2.75, 3.05) is 37.7 Å². The quantitative estimate of drug-likeness (QED) is 0.186. The van der Waals surface area contributed by atoms with Gasteiger partial charge in [0.2, 0.25) is 0 Å². The number of carbonyl (C=O) groups is 2. The van der Waals surface area contributed by atoms with Gasteiger partial charge in [-0.15, -0.1) is 0 Å². The van der Waals surface area contributed by atoms with Gasteiger partial charge in [0.25, 0.3) is 11.8 Å². The molecule has 7 rings (SSSR count). The number of morpholine rings is 1. The molecule has 4 aromatic carbocycles. The van der Waals surface area contributed by atoms with Crippen molar-refractivity contribution in [3.63, 3.8) is 0 Å². The second-order valence-electron chi connectivity index (χ2n) is 13.5. The fourth-order valence-corrected chi connectivity index (χ4v) is 7.51. The van der Waals surface area contributed by atoms with Crippen LogP contribution in [0.4, 0.5) is 5.69 Å². The first-order valence-electron chi connectivity index (χ1n) is 17.4. The van der Waals surface area contributed by atoms with Crippen molar-refractivity contribution in [2.45, 2.75) is 32.5 Å². The lowest BCUT2D eigenvalue weighted by Gasteiger charge is -2.40. The molecule has 1 saturated heterocycles. The van der Waals surface area contributed by atoms with E-state index < -0.39 is 0 Å². The first-order valence-corrected chi connectivity index (χ1v) is 17.8. The van der Waals surface area contributed by atoms with Crippen molar-refractivity contribution < 1.29 is 19.4 Å². The number of rotatable bonds is 8. The molecule has 1 aromatic heterocycles. The van der Waals surface area contributed by atoms with Gasteiger partial charge in [0, 0.05) is 73.0 Å². The zero-order valence-corrected chi connectivity index (χ0v) is 30.0. The van der Waals surface area contributed by atoms with Crippen LogP contribution in [0.5, 0.6) is 5.75 Å². The summed E-state index contributed by atoms with van der Waals surface area (Å²) in [5, 5.41) is 20.4. The summed E-state index contributed by atoms with van der Waals surface area (Å²) in [6.45, 7) is 6.16. The lowest BCUT2D eigenvalue weighted by molar-refractivity contribution is 0.0193. The molecule has 0 spiro atoms. The molecule has 2 aliphatic rings. The van der Waals surface area contributed by atoms with E-state index in [0.717, 1.165) is 31.6 Å². The maximum Gasteiger partial charge on any atom is 0.261 e. The third-order valence-electron chi connectivity index (χ3n) is 10.3. The second-order valence-corrected chi connectivity index (χ2v) is 13.9. The summed E-state index contributed by atoms with van der Waals surface area (Å²) in [5.41, 5.74) is 6.78. The molecule has 264 valence electrons. The number of fused-ring (bicyclic) bond motifs is 1. The predicted molar refractivity (Wildman–Crippen MR) is 201 cm³/mol. The number of benzene rings is 4. The van der Waals surface area contributed by atoms with Gasteiger partial charge in [0.05, 0.1) is 37.0 Å². The van der Waals surface area contributed by atoms with Crippen molar-refractivity contribution in [3.8, 4) is 22.9 Å². The number of halogens is 1. The highest BCUT2D eigenvalue weighted by atomic mass is 35.5. The van der Waals surface area contributed by atoms with E-state index in [1.54, 1.807) is 47.4 Å². The number of amides is 2. The number of phenols is 1. The minimum absolute atomic E-state index is 0.0622. The van der Waals surface area contributed by atoms with Crippen LogP contribution in [-0.2, 0) is 31.3 Å². The Balaban J connectivity index is 1.31. The monoisotopic (exact) mass is 713 g/mol. The summed E-state index contributed by atoms with van der Waals surface area (Å²) in [6, 6.07) is 29.3. The first kappa shape index (κ1) is 35.0. The third kappa shape index (κ3) is 7.06. The number of nitrogens with zero attached hydrogens (tertiary/aromatic N) is 5. The minimum Gasteiger partial charge on any atom is -0.508 e. The van der Waals surface area contributed by atoms with Crippen LogP contribution >= 0.6 is 11.6 Å². The molecular weight excluding hydrogens is 674 g/mol. The third-order valence-corrected chi connectivity index (χ3v) is 10.5.